The maximum atomic E-state index is 12.5. The molecule has 0 radical (unpaired) electrons. The van der Waals surface area contributed by atoms with Crippen molar-refractivity contribution in [2.75, 3.05) is 0 Å². The van der Waals surface area contributed by atoms with E-state index in [1.807, 2.05) is 0 Å². The van der Waals surface area contributed by atoms with Gasteiger partial charge in [0.15, 0.2) is 35.2 Å². The molecule has 3 rings (SSSR count). The predicted molar refractivity (Wildman–Crippen MR) is 88.6 cm³/mol. The molecule has 1 heterocycles. The fraction of sp³-hybridized carbons (Fsp3) is 0.133. The van der Waals surface area contributed by atoms with E-state index in [9.17, 15) is 30.3 Å². The molecule has 7 nitrogen and oxygen atoms in total. The number of phenolic OH excluding ortho intramolecular Hbond substituents is 4. The zero-order valence-corrected chi connectivity index (χ0v) is 14.9. The van der Waals surface area contributed by atoms with E-state index < -0.39 is 29.5 Å². The molecular weight excluding hydrogens is 452 g/mol. The first-order chi connectivity index (χ1) is 11.2. The van der Waals surface area contributed by atoms with Gasteiger partial charge in [0, 0.05) is 0 Å². The topological polar surface area (TPSA) is 127 Å². The molecule has 1 aliphatic heterocycles. The Kier molecular flexibility index (Phi) is 4.10. The molecule has 2 unspecified atom stereocenters. The predicted octanol–water partition coefficient (Wildman–Crippen LogP) is 2.71. The normalized spacial score (nSPS) is 19.7. The van der Waals surface area contributed by atoms with Crippen LogP contribution in [0.1, 0.15) is 22.0 Å². The van der Waals surface area contributed by atoms with Gasteiger partial charge in [0.25, 0.3) is 0 Å². The summed E-state index contributed by atoms with van der Waals surface area (Å²) >= 11 is 6.04. The van der Waals surface area contributed by atoms with Gasteiger partial charge in [0.2, 0.25) is 5.78 Å². The fourth-order valence-electron chi connectivity index (χ4n) is 2.43. The van der Waals surface area contributed by atoms with Crippen LogP contribution >= 0.6 is 31.9 Å². The molecule has 0 fully saturated rings. The summed E-state index contributed by atoms with van der Waals surface area (Å²) in [6.07, 6.45) is -2.86. The van der Waals surface area contributed by atoms with Gasteiger partial charge in [-0.25, -0.2) is 0 Å². The second-order valence-corrected chi connectivity index (χ2v) is 6.71. The number of rotatable bonds is 1. The first-order valence-electron chi connectivity index (χ1n) is 6.57. The number of aromatic hydroxyl groups is 4. The van der Waals surface area contributed by atoms with Gasteiger partial charge in [0.05, 0.1) is 0 Å². The maximum Gasteiger partial charge on any atom is 0.203 e. The van der Waals surface area contributed by atoms with Gasteiger partial charge in [-0.2, -0.15) is 0 Å². The van der Waals surface area contributed by atoms with Crippen LogP contribution < -0.4 is 4.74 Å². The number of benzene rings is 2. The first-order valence-corrected chi connectivity index (χ1v) is 8.16. The monoisotopic (exact) mass is 460 g/mol. The van der Waals surface area contributed by atoms with Crippen molar-refractivity contribution in [1.29, 1.82) is 0 Å². The Labute approximate surface area is 152 Å². The van der Waals surface area contributed by atoms with Crippen LogP contribution in [0.4, 0.5) is 0 Å². The Bertz CT molecular complexity index is 866. The lowest BCUT2D eigenvalue weighted by Gasteiger charge is -2.31. The number of ketones is 1. The van der Waals surface area contributed by atoms with Crippen LogP contribution in [0.25, 0.3) is 0 Å². The number of Topliss-reactive ketones (excluding diaryl/α,β-unsaturated/α-hetero) is 1. The third-order valence-electron chi connectivity index (χ3n) is 3.66. The molecule has 0 bridgehead atoms. The second-order valence-electron chi connectivity index (χ2n) is 5.12. The summed E-state index contributed by atoms with van der Waals surface area (Å²) in [6.45, 7) is 0. The second kappa shape index (κ2) is 5.83. The minimum absolute atomic E-state index is 0.0235. The summed E-state index contributed by atoms with van der Waals surface area (Å²) in [4.78, 5) is 12.5. The number of hydrogen-bond acceptors (Lipinski definition) is 7. The van der Waals surface area contributed by atoms with Crippen molar-refractivity contribution in [3.63, 3.8) is 0 Å². The number of aliphatic hydroxyl groups excluding tert-OH is 1. The van der Waals surface area contributed by atoms with Gasteiger partial charge >= 0.3 is 0 Å². The van der Waals surface area contributed by atoms with E-state index in [0.717, 1.165) is 6.07 Å². The number of halogens is 2. The number of ether oxygens (including phenoxy) is 1. The zero-order chi connectivity index (χ0) is 17.8. The molecule has 1 aliphatic rings. The average Bonchev–Trinajstić information content (AvgIpc) is 2.56. The SMILES string of the molecule is O=C1c2c(O)c(Br)c(O)c(Br)c2OC(c2ccc(O)c(O)c2)C1O. The third kappa shape index (κ3) is 2.40. The standard InChI is InChI=1S/C15H10Br2O7/c16-8-10(20)7-11(21)13(23)14(24-15(7)9(17)12(8)22)4-1-2-5(18)6(19)3-4/h1-3,13-14,18-20,22-23H. The van der Waals surface area contributed by atoms with Crippen molar-refractivity contribution in [3.8, 4) is 28.7 Å². The number of aliphatic hydroxyl groups is 1. The van der Waals surface area contributed by atoms with Crippen molar-refractivity contribution in [2.45, 2.75) is 12.2 Å². The molecule has 9 heteroatoms. The highest BCUT2D eigenvalue weighted by Gasteiger charge is 2.41. The molecule has 0 aromatic heterocycles. The van der Waals surface area contributed by atoms with Crippen LogP contribution in [0.3, 0.4) is 0 Å². The van der Waals surface area contributed by atoms with Crippen LogP contribution in [0, 0.1) is 0 Å². The molecule has 0 spiro atoms. The zero-order valence-electron chi connectivity index (χ0n) is 11.7. The molecule has 126 valence electrons. The highest BCUT2D eigenvalue weighted by Crippen LogP contribution is 2.52. The number of carbonyl (C=O) groups is 1. The molecule has 0 saturated heterocycles. The van der Waals surface area contributed by atoms with Gasteiger partial charge in [0.1, 0.15) is 20.3 Å². The van der Waals surface area contributed by atoms with Crippen molar-refractivity contribution in [2.24, 2.45) is 0 Å². The van der Waals surface area contributed by atoms with Crippen LogP contribution in [0.15, 0.2) is 27.1 Å². The van der Waals surface area contributed by atoms with Gasteiger partial charge < -0.3 is 30.3 Å². The van der Waals surface area contributed by atoms with Crippen LogP contribution in [-0.4, -0.2) is 37.4 Å². The summed E-state index contributed by atoms with van der Waals surface area (Å²) < 4.78 is 5.50. The number of fused-ring (bicyclic) bond motifs is 1. The number of carbonyl (C=O) groups excluding carboxylic acids is 1. The Morgan fingerprint density at radius 1 is 0.958 bits per heavy atom. The number of phenols is 4. The van der Waals surface area contributed by atoms with E-state index in [0.29, 0.717) is 0 Å². The Balaban J connectivity index is 2.17. The molecule has 2 aromatic carbocycles. The summed E-state index contributed by atoms with van der Waals surface area (Å²) in [6, 6.07) is 3.70. The summed E-state index contributed by atoms with van der Waals surface area (Å²) in [7, 11) is 0. The fourth-order valence-corrected chi connectivity index (χ4v) is 3.58. The minimum Gasteiger partial charge on any atom is -0.506 e. The maximum absolute atomic E-state index is 12.5. The van der Waals surface area contributed by atoms with E-state index in [4.69, 9.17) is 4.74 Å². The van der Waals surface area contributed by atoms with E-state index in [1.54, 1.807) is 0 Å². The molecule has 24 heavy (non-hydrogen) atoms. The first kappa shape index (κ1) is 16.9. The minimum atomic E-state index is -1.66. The largest absolute Gasteiger partial charge is 0.506 e. The molecule has 2 atom stereocenters. The van der Waals surface area contributed by atoms with Gasteiger partial charge in [-0.05, 0) is 49.6 Å². The van der Waals surface area contributed by atoms with E-state index in [1.165, 1.54) is 12.1 Å². The highest BCUT2D eigenvalue weighted by molar-refractivity contribution is 9.11. The van der Waals surface area contributed by atoms with Gasteiger partial charge in [-0.3, -0.25) is 4.79 Å². The summed E-state index contributed by atoms with van der Waals surface area (Å²) in [5, 5.41) is 49.2. The summed E-state index contributed by atoms with van der Waals surface area (Å²) in [5.74, 6) is -2.68. The third-order valence-corrected chi connectivity index (χ3v) is 5.15. The van der Waals surface area contributed by atoms with Crippen LogP contribution in [0.2, 0.25) is 0 Å². The van der Waals surface area contributed by atoms with Crippen LogP contribution in [-0.2, 0) is 0 Å². The van der Waals surface area contributed by atoms with E-state index >= 15 is 0 Å². The Morgan fingerprint density at radius 2 is 1.62 bits per heavy atom. The van der Waals surface area contributed by atoms with Gasteiger partial charge in [-0.1, -0.05) is 6.07 Å². The Morgan fingerprint density at radius 3 is 2.25 bits per heavy atom. The summed E-state index contributed by atoms with van der Waals surface area (Å²) in [5.41, 5.74) is -0.0519. The number of hydrogen-bond donors (Lipinski definition) is 5. The van der Waals surface area contributed by atoms with E-state index in [-0.39, 0.29) is 37.3 Å². The van der Waals surface area contributed by atoms with Crippen LogP contribution in [0.5, 0.6) is 28.7 Å². The lowest BCUT2D eigenvalue weighted by molar-refractivity contribution is 0.0205. The van der Waals surface area contributed by atoms with Crippen molar-refractivity contribution in [3.05, 3.63) is 38.3 Å². The molecule has 0 saturated carbocycles. The molecule has 0 amide bonds. The van der Waals surface area contributed by atoms with Crippen molar-refractivity contribution < 1.29 is 35.1 Å². The van der Waals surface area contributed by atoms with Gasteiger partial charge in [-0.15, -0.1) is 0 Å². The quantitative estimate of drug-likeness (QED) is 0.413. The highest BCUT2D eigenvalue weighted by atomic mass is 79.9. The van der Waals surface area contributed by atoms with Crippen molar-refractivity contribution in [1.82, 2.24) is 0 Å². The van der Waals surface area contributed by atoms with Crippen molar-refractivity contribution >= 4 is 37.6 Å². The average molecular weight is 462 g/mol. The molecule has 5 N–H and O–H groups in total. The molecule has 0 aliphatic carbocycles. The smallest absolute Gasteiger partial charge is 0.203 e. The molecular formula is C15H10Br2O7. The Hall–Kier alpha value is -1.97. The lowest BCUT2D eigenvalue weighted by Crippen LogP contribution is -2.36. The lowest BCUT2D eigenvalue weighted by atomic mass is 9.92. The van der Waals surface area contributed by atoms with E-state index in [2.05, 4.69) is 31.9 Å². The molecule has 2 aromatic rings.